The van der Waals surface area contributed by atoms with Gasteiger partial charge >= 0.3 is 0 Å². The summed E-state index contributed by atoms with van der Waals surface area (Å²) in [6.45, 7) is 1.72. The number of nitrogens with one attached hydrogen (secondary N) is 1. The van der Waals surface area contributed by atoms with Gasteiger partial charge in [0.2, 0.25) is 11.8 Å². The van der Waals surface area contributed by atoms with E-state index in [0.29, 0.717) is 25.9 Å². The molecule has 2 amide bonds. The fourth-order valence-electron chi connectivity index (χ4n) is 2.73. The maximum atomic E-state index is 13.2. The first kappa shape index (κ1) is 17.4. The average Bonchev–Trinajstić information content (AvgIpc) is 2.78. The first-order chi connectivity index (χ1) is 10.9. The molecule has 0 aliphatic carbocycles. The van der Waals surface area contributed by atoms with Gasteiger partial charge in [-0.15, -0.1) is 0 Å². The number of hydrogen-bond acceptors (Lipinski definition) is 3. The van der Waals surface area contributed by atoms with Gasteiger partial charge in [0.15, 0.2) is 0 Å². The van der Waals surface area contributed by atoms with Crippen LogP contribution in [0.25, 0.3) is 0 Å². The lowest BCUT2D eigenvalue weighted by Crippen LogP contribution is -2.37. The Bertz CT molecular complexity index is 563. The summed E-state index contributed by atoms with van der Waals surface area (Å²) in [6, 6.07) is 6.09. The molecule has 1 aliphatic rings. The van der Waals surface area contributed by atoms with E-state index in [9.17, 15) is 14.0 Å². The molecule has 23 heavy (non-hydrogen) atoms. The van der Waals surface area contributed by atoms with Crippen LogP contribution in [0.4, 0.5) is 4.39 Å². The fourth-order valence-corrected chi connectivity index (χ4v) is 2.73. The van der Waals surface area contributed by atoms with Crippen LogP contribution in [0, 0.1) is 5.82 Å². The van der Waals surface area contributed by atoms with Crippen molar-refractivity contribution in [2.45, 2.75) is 31.8 Å². The predicted octanol–water partition coefficient (Wildman–Crippen LogP) is 1.38. The Morgan fingerprint density at radius 3 is 2.91 bits per heavy atom. The van der Waals surface area contributed by atoms with Crippen molar-refractivity contribution in [3.63, 3.8) is 0 Å². The quantitative estimate of drug-likeness (QED) is 0.825. The number of amides is 2. The average molecular weight is 321 g/mol. The van der Waals surface area contributed by atoms with E-state index < -0.39 is 0 Å². The van der Waals surface area contributed by atoms with E-state index in [2.05, 4.69) is 5.32 Å². The van der Waals surface area contributed by atoms with E-state index in [4.69, 9.17) is 0 Å². The van der Waals surface area contributed by atoms with Crippen molar-refractivity contribution >= 4 is 11.8 Å². The minimum atomic E-state index is -0.306. The number of carbonyl (C=O) groups excluding carboxylic acids is 2. The molecular weight excluding hydrogens is 297 g/mol. The molecule has 1 aromatic carbocycles. The van der Waals surface area contributed by atoms with Gasteiger partial charge in [0.1, 0.15) is 5.82 Å². The van der Waals surface area contributed by atoms with Crippen LogP contribution >= 0.6 is 0 Å². The highest BCUT2D eigenvalue weighted by Crippen LogP contribution is 2.16. The molecule has 1 saturated heterocycles. The molecule has 0 spiro atoms. The van der Waals surface area contributed by atoms with E-state index in [1.54, 1.807) is 17.0 Å². The van der Waals surface area contributed by atoms with Gasteiger partial charge in [-0.25, -0.2) is 4.39 Å². The molecule has 1 heterocycles. The van der Waals surface area contributed by atoms with Crippen LogP contribution in [0.15, 0.2) is 24.3 Å². The van der Waals surface area contributed by atoms with Crippen molar-refractivity contribution in [1.82, 2.24) is 15.1 Å². The standard InChI is InChI=1S/C17H24FN3O2/c1-20(2)8-4-7-16(22)19-15-10-17(23)21(12-15)11-13-5-3-6-14(18)9-13/h3,5-6,9,15H,4,7-8,10-12H2,1-2H3,(H,19,22)/t15-/m1/s1. The minimum Gasteiger partial charge on any atom is -0.351 e. The molecule has 1 fully saturated rings. The van der Waals surface area contributed by atoms with Gasteiger partial charge in [-0.3, -0.25) is 9.59 Å². The van der Waals surface area contributed by atoms with E-state index in [-0.39, 0.29) is 23.7 Å². The summed E-state index contributed by atoms with van der Waals surface area (Å²) < 4.78 is 13.2. The molecule has 1 aromatic rings. The van der Waals surface area contributed by atoms with Gasteiger partial charge in [-0.2, -0.15) is 0 Å². The predicted molar refractivity (Wildman–Crippen MR) is 86.2 cm³/mol. The van der Waals surface area contributed by atoms with E-state index in [0.717, 1.165) is 18.5 Å². The second-order valence-electron chi connectivity index (χ2n) is 6.28. The Morgan fingerprint density at radius 2 is 2.22 bits per heavy atom. The Hall–Kier alpha value is -1.95. The number of halogens is 1. The monoisotopic (exact) mass is 321 g/mol. The molecule has 0 unspecified atom stereocenters. The summed E-state index contributed by atoms with van der Waals surface area (Å²) >= 11 is 0. The van der Waals surface area contributed by atoms with Crippen molar-refractivity contribution in [2.75, 3.05) is 27.2 Å². The van der Waals surface area contributed by atoms with Crippen LogP contribution in [0.3, 0.4) is 0 Å². The maximum absolute atomic E-state index is 13.2. The van der Waals surface area contributed by atoms with Gasteiger partial charge in [0.05, 0.1) is 6.04 Å². The van der Waals surface area contributed by atoms with Crippen molar-refractivity contribution < 1.29 is 14.0 Å². The number of carbonyl (C=O) groups is 2. The first-order valence-electron chi connectivity index (χ1n) is 7.90. The maximum Gasteiger partial charge on any atom is 0.225 e. The molecule has 0 bridgehead atoms. The highest BCUT2D eigenvalue weighted by atomic mass is 19.1. The fraction of sp³-hybridized carbons (Fsp3) is 0.529. The number of benzene rings is 1. The summed E-state index contributed by atoms with van der Waals surface area (Å²) in [6.07, 6.45) is 1.58. The van der Waals surface area contributed by atoms with Crippen molar-refractivity contribution in [3.8, 4) is 0 Å². The van der Waals surface area contributed by atoms with Gasteiger partial charge in [0.25, 0.3) is 0 Å². The third-order valence-electron chi connectivity index (χ3n) is 3.85. The zero-order valence-electron chi connectivity index (χ0n) is 13.7. The second kappa shape index (κ2) is 8.06. The third-order valence-corrected chi connectivity index (χ3v) is 3.85. The van der Waals surface area contributed by atoms with E-state index in [1.165, 1.54) is 12.1 Å². The highest BCUT2D eigenvalue weighted by molar-refractivity contribution is 5.82. The van der Waals surface area contributed by atoms with Gasteiger partial charge < -0.3 is 15.1 Å². The smallest absolute Gasteiger partial charge is 0.225 e. The third kappa shape index (κ3) is 5.63. The van der Waals surface area contributed by atoms with Crippen LogP contribution in [0.1, 0.15) is 24.8 Å². The Morgan fingerprint density at radius 1 is 1.43 bits per heavy atom. The SMILES string of the molecule is CN(C)CCCC(=O)N[C@@H]1CC(=O)N(Cc2cccc(F)c2)C1. The molecule has 6 heteroatoms. The number of hydrogen-bond donors (Lipinski definition) is 1. The number of nitrogens with zero attached hydrogens (tertiary/aromatic N) is 2. The lowest BCUT2D eigenvalue weighted by atomic mass is 10.2. The Balaban J connectivity index is 1.79. The van der Waals surface area contributed by atoms with Gasteiger partial charge in [0, 0.05) is 25.9 Å². The topological polar surface area (TPSA) is 52.7 Å². The molecule has 1 aliphatic heterocycles. The second-order valence-corrected chi connectivity index (χ2v) is 6.28. The lowest BCUT2D eigenvalue weighted by molar-refractivity contribution is -0.128. The van der Waals surface area contributed by atoms with Crippen LogP contribution in [0.5, 0.6) is 0 Å². The van der Waals surface area contributed by atoms with Crippen molar-refractivity contribution in [2.24, 2.45) is 0 Å². The van der Waals surface area contributed by atoms with Gasteiger partial charge in [-0.05, 0) is 44.8 Å². The summed E-state index contributed by atoms with van der Waals surface area (Å²) in [7, 11) is 3.94. The van der Waals surface area contributed by atoms with Crippen LogP contribution in [-0.2, 0) is 16.1 Å². The minimum absolute atomic E-state index is 0.00662. The van der Waals surface area contributed by atoms with E-state index >= 15 is 0 Å². The first-order valence-corrected chi connectivity index (χ1v) is 7.90. The zero-order chi connectivity index (χ0) is 16.8. The molecule has 5 nitrogen and oxygen atoms in total. The lowest BCUT2D eigenvalue weighted by Gasteiger charge is -2.17. The molecule has 1 atom stereocenters. The summed E-state index contributed by atoms with van der Waals surface area (Å²) in [5.41, 5.74) is 0.760. The molecule has 2 rings (SSSR count). The summed E-state index contributed by atoms with van der Waals surface area (Å²) in [4.78, 5) is 27.6. The molecule has 0 radical (unpaired) electrons. The van der Waals surface area contributed by atoms with Crippen molar-refractivity contribution in [3.05, 3.63) is 35.6 Å². The molecular formula is C17H24FN3O2. The highest BCUT2D eigenvalue weighted by Gasteiger charge is 2.30. The Kier molecular flexibility index (Phi) is 6.10. The number of rotatable bonds is 7. The van der Waals surface area contributed by atoms with Crippen LogP contribution in [0.2, 0.25) is 0 Å². The normalized spacial score (nSPS) is 17.8. The Labute approximate surface area is 136 Å². The van der Waals surface area contributed by atoms with E-state index in [1.807, 2.05) is 19.0 Å². The molecule has 1 N–H and O–H groups in total. The molecule has 0 aromatic heterocycles. The molecule has 126 valence electrons. The summed E-state index contributed by atoms with van der Waals surface area (Å²) in [5, 5.41) is 2.92. The number of likely N-dealkylation sites (tertiary alicyclic amines) is 1. The zero-order valence-corrected chi connectivity index (χ0v) is 13.7. The van der Waals surface area contributed by atoms with Crippen LogP contribution < -0.4 is 5.32 Å². The van der Waals surface area contributed by atoms with Crippen molar-refractivity contribution in [1.29, 1.82) is 0 Å². The summed E-state index contributed by atoms with van der Waals surface area (Å²) in [5.74, 6) is -0.329. The largest absolute Gasteiger partial charge is 0.351 e. The van der Waals surface area contributed by atoms with Gasteiger partial charge in [-0.1, -0.05) is 12.1 Å². The molecule has 0 saturated carbocycles. The van der Waals surface area contributed by atoms with Crippen LogP contribution in [-0.4, -0.2) is 54.8 Å².